The summed E-state index contributed by atoms with van der Waals surface area (Å²) in [4.78, 5) is 0. The van der Waals surface area contributed by atoms with Crippen LogP contribution in [0.2, 0.25) is 0 Å². The van der Waals surface area contributed by atoms with Crippen LogP contribution in [0, 0.1) is 0 Å². The Bertz CT molecular complexity index is 209. The fourth-order valence-electron chi connectivity index (χ4n) is 0.658. The highest BCUT2D eigenvalue weighted by Crippen LogP contribution is 2.10. The predicted octanol–water partition coefficient (Wildman–Crippen LogP) is 2.01. The summed E-state index contributed by atoms with van der Waals surface area (Å²) in [5.41, 5.74) is 0. The number of aromatic nitrogens is 3. The van der Waals surface area contributed by atoms with Crippen molar-refractivity contribution in [2.45, 2.75) is 26.3 Å². The van der Waals surface area contributed by atoms with Gasteiger partial charge in [0, 0.05) is 0 Å². The molecule has 0 aliphatic heterocycles. The summed E-state index contributed by atoms with van der Waals surface area (Å²) in [5, 5.41) is 7.72. The van der Waals surface area contributed by atoms with E-state index in [1.165, 1.54) is 0 Å². The van der Waals surface area contributed by atoms with Gasteiger partial charge in [-0.25, -0.2) is 4.68 Å². The van der Waals surface area contributed by atoms with Crippen LogP contribution in [0.4, 0.5) is 0 Å². The van der Waals surface area contributed by atoms with Crippen molar-refractivity contribution in [2.75, 3.05) is 0 Å². The number of nitrogens with zero attached hydrogens (tertiary/aromatic N) is 3. The number of rotatable bonds is 2. The molecule has 0 bridgehead atoms. The molecule has 0 aromatic carbocycles. The minimum atomic E-state index is 0.443. The van der Waals surface area contributed by atoms with Gasteiger partial charge in [0.15, 0.2) is 0 Å². The molecule has 10 heavy (non-hydrogen) atoms. The van der Waals surface area contributed by atoms with Gasteiger partial charge < -0.3 is 0 Å². The van der Waals surface area contributed by atoms with Gasteiger partial charge in [-0.3, -0.25) is 0 Å². The summed E-state index contributed by atoms with van der Waals surface area (Å²) in [7, 11) is 0. The number of halogens is 1. The van der Waals surface area contributed by atoms with Gasteiger partial charge in [-0.15, -0.1) is 5.10 Å². The molecule has 1 aromatic heterocycles. The second kappa shape index (κ2) is 3.14. The van der Waals surface area contributed by atoms with E-state index in [9.17, 15) is 0 Å². The molecular weight excluding hydrogens is 194 g/mol. The number of hydrogen-bond donors (Lipinski definition) is 0. The fraction of sp³-hybridized carbons (Fsp3) is 0.667. The van der Waals surface area contributed by atoms with Crippen molar-refractivity contribution in [1.82, 2.24) is 15.0 Å². The maximum absolute atomic E-state index is 3.91. The predicted molar refractivity (Wildman–Crippen MR) is 42.7 cm³/mol. The molecule has 0 saturated heterocycles. The standard InChI is InChI=1S/C6H10BrN3/c1-3-5(2)10-4-6(7)8-9-10/h4-5H,3H2,1-2H3. The first-order chi connectivity index (χ1) is 4.74. The normalized spacial score (nSPS) is 13.5. The lowest BCUT2D eigenvalue weighted by Gasteiger charge is -2.05. The molecule has 0 spiro atoms. The molecule has 0 N–H and O–H groups in total. The minimum Gasteiger partial charge on any atom is -0.249 e. The van der Waals surface area contributed by atoms with Crippen molar-refractivity contribution in [1.29, 1.82) is 0 Å². The van der Waals surface area contributed by atoms with Gasteiger partial charge in [-0.2, -0.15) is 0 Å². The van der Waals surface area contributed by atoms with Crippen LogP contribution in [0.5, 0.6) is 0 Å². The zero-order chi connectivity index (χ0) is 7.56. The van der Waals surface area contributed by atoms with Crippen LogP contribution in [0.15, 0.2) is 10.8 Å². The maximum Gasteiger partial charge on any atom is 0.148 e. The molecule has 1 rings (SSSR count). The summed E-state index contributed by atoms with van der Waals surface area (Å²) in [5.74, 6) is 0. The van der Waals surface area contributed by atoms with E-state index in [-0.39, 0.29) is 0 Å². The fourth-order valence-corrected chi connectivity index (χ4v) is 0.938. The smallest absolute Gasteiger partial charge is 0.148 e. The average Bonchev–Trinajstić information content (AvgIpc) is 2.34. The third-order valence-corrected chi connectivity index (χ3v) is 1.89. The Morgan fingerprint density at radius 1 is 1.80 bits per heavy atom. The lowest BCUT2D eigenvalue weighted by Crippen LogP contribution is -2.03. The van der Waals surface area contributed by atoms with Crippen LogP contribution in [0.25, 0.3) is 0 Å². The van der Waals surface area contributed by atoms with Crippen molar-refractivity contribution in [3.8, 4) is 0 Å². The molecule has 1 heterocycles. The van der Waals surface area contributed by atoms with Gasteiger partial charge >= 0.3 is 0 Å². The average molecular weight is 204 g/mol. The van der Waals surface area contributed by atoms with Crippen molar-refractivity contribution in [3.05, 3.63) is 10.8 Å². The van der Waals surface area contributed by atoms with E-state index in [0.717, 1.165) is 11.0 Å². The minimum absolute atomic E-state index is 0.443. The first-order valence-electron chi connectivity index (χ1n) is 3.31. The van der Waals surface area contributed by atoms with Crippen LogP contribution in [-0.4, -0.2) is 15.0 Å². The lowest BCUT2D eigenvalue weighted by atomic mass is 10.3. The zero-order valence-corrected chi connectivity index (χ0v) is 7.67. The molecule has 56 valence electrons. The van der Waals surface area contributed by atoms with Crippen molar-refractivity contribution < 1.29 is 0 Å². The quantitative estimate of drug-likeness (QED) is 0.737. The molecule has 4 heteroatoms. The first-order valence-corrected chi connectivity index (χ1v) is 4.10. The Balaban J connectivity index is 2.74. The summed E-state index contributed by atoms with van der Waals surface area (Å²) in [6.45, 7) is 4.24. The Morgan fingerprint density at radius 2 is 2.50 bits per heavy atom. The Kier molecular flexibility index (Phi) is 2.43. The largest absolute Gasteiger partial charge is 0.249 e. The van der Waals surface area contributed by atoms with E-state index < -0.39 is 0 Å². The van der Waals surface area contributed by atoms with E-state index in [4.69, 9.17) is 0 Å². The highest BCUT2D eigenvalue weighted by molar-refractivity contribution is 9.10. The maximum atomic E-state index is 3.91. The van der Waals surface area contributed by atoms with Crippen LogP contribution in [0.3, 0.4) is 0 Å². The molecule has 0 aliphatic rings. The Morgan fingerprint density at radius 3 is 2.90 bits per heavy atom. The molecule has 0 radical (unpaired) electrons. The van der Waals surface area contributed by atoms with E-state index in [0.29, 0.717) is 6.04 Å². The highest BCUT2D eigenvalue weighted by Gasteiger charge is 2.02. The van der Waals surface area contributed by atoms with Gasteiger partial charge in [0.2, 0.25) is 0 Å². The molecule has 1 unspecified atom stereocenters. The third-order valence-electron chi connectivity index (χ3n) is 1.52. The van der Waals surface area contributed by atoms with Crippen LogP contribution in [0.1, 0.15) is 26.3 Å². The van der Waals surface area contributed by atoms with Crippen molar-refractivity contribution in [3.63, 3.8) is 0 Å². The van der Waals surface area contributed by atoms with Gasteiger partial charge in [0.05, 0.1) is 12.2 Å². The lowest BCUT2D eigenvalue weighted by molar-refractivity contribution is 0.464. The second-order valence-electron chi connectivity index (χ2n) is 2.28. The van der Waals surface area contributed by atoms with Gasteiger partial charge in [-0.1, -0.05) is 12.1 Å². The molecule has 0 aliphatic carbocycles. The Hall–Kier alpha value is -0.380. The zero-order valence-electron chi connectivity index (χ0n) is 6.08. The summed E-state index contributed by atoms with van der Waals surface area (Å²) >= 11 is 3.24. The summed E-state index contributed by atoms with van der Waals surface area (Å²) < 4.78 is 2.65. The Labute approximate surface area is 68.6 Å². The first kappa shape index (κ1) is 7.72. The number of hydrogen-bond acceptors (Lipinski definition) is 2. The van der Waals surface area contributed by atoms with E-state index in [1.807, 2.05) is 10.9 Å². The van der Waals surface area contributed by atoms with E-state index >= 15 is 0 Å². The molecule has 0 amide bonds. The third kappa shape index (κ3) is 1.56. The molecule has 0 fully saturated rings. The molecular formula is C6H10BrN3. The molecule has 3 nitrogen and oxygen atoms in total. The van der Waals surface area contributed by atoms with Crippen molar-refractivity contribution in [2.24, 2.45) is 0 Å². The molecule has 1 atom stereocenters. The SMILES string of the molecule is CCC(C)n1cc(Br)nn1. The topological polar surface area (TPSA) is 30.7 Å². The molecule has 1 aromatic rings. The van der Waals surface area contributed by atoms with E-state index in [2.05, 4.69) is 40.1 Å². The second-order valence-corrected chi connectivity index (χ2v) is 3.09. The molecule has 0 saturated carbocycles. The van der Waals surface area contributed by atoms with Gasteiger partial charge in [-0.05, 0) is 29.3 Å². The van der Waals surface area contributed by atoms with Gasteiger partial charge in [0.25, 0.3) is 0 Å². The van der Waals surface area contributed by atoms with Crippen LogP contribution in [-0.2, 0) is 0 Å². The van der Waals surface area contributed by atoms with Crippen LogP contribution >= 0.6 is 15.9 Å². The monoisotopic (exact) mass is 203 g/mol. The van der Waals surface area contributed by atoms with Crippen molar-refractivity contribution >= 4 is 15.9 Å². The summed E-state index contributed by atoms with van der Waals surface area (Å²) in [6.07, 6.45) is 2.96. The highest BCUT2D eigenvalue weighted by atomic mass is 79.9. The van der Waals surface area contributed by atoms with E-state index in [1.54, 1.807) is 0 Å². The summed E-state index contributed by atoms with van der Waals surface area (Å²) in [6, 6.07) is 0.443. The van der Waals surface area contributed by atoms with Crippen LogP contribution < -0.4 is 0 Å². The van der Waals surface area contributed by atoms with Gasteiger partial charge in [0.1, 0.15) is 4.60 Å².